The van der Waals surface area contributed by atoms with Crippen LogP contribution in [0.15, 0.2) is 18.2 Å². The average molecular weight is 293 g/mol. The summed E-state index contributed by atoms with van der Waals surface area (Å²) in [6.07, 6.45) is 4.28. The van der Waals surface area contributed by atoms with Crippen molar-refractivity contribution >= 4 is 0 Å². The molecule has 118 valence electrons. The first kappa shape index (κ1) is 16.1. The normalized spacial score (nSPS) is 27.2. The molecule has 4 heteroatoms. The van der Waals surface area contributed by atoms with Crippen LogP contribution in [-0.4, -0.2) is 26.9 Å². The molecule has 4 nitrogen and oxygen atoms in total. The Kier molecular flexibility index (Phi) is 5.12. The molecule has 21 heavy (non-hydrogen) atoms. The van der Waals surface area contributed by atoms with E-state index in [-0.39, 0.29) is 11.6 Å². The molecular weight excluding hydrogens is 266 g/mol. The molecule has 1 aromatic rings. The molecular formula is C17H27NO3. The quantitative estimate of drug-likeness (QED) is 0.905. The van der Waals surface area contributed by atoms with Crippen molar-refractivity contribution in [3.8, 4) is 11.5 Å². The van der Waals surface area contributed by atoms with Crippen molar-refractivity contribution in [3.05, 3.63) is 23.8 Å². The van der Waals surface area contributed by atoms with Gasteiger partial charge in [-0.25, -0.2) is 0 Å². The van der Waals surface area contributed by atoms with Crippen molar-refractivity contribution in [2.45, 2.75) is 44.2 Å². The third kappa shape index (κ3) is 3.16. The summed E-state index contributed by atoms with van der Waals surface area (Å²) in [5.74, 6) is 2.28. The highest BCUT2D eigenvalue weighted by atomic mass is 16.5. The van der Waals surface area contributed by atoms with E-state index >= 15 is 0 Å². The first-order valence-electron chi connectivity index (χ1n) is 7.59. The standard InChI is InChI=1S/C17H27NO3/c1-12-7-9-17(21-4,10-8-12)16(18)14-6-5-13(19-2)11-15(14)20-3/h5-6,11-12,16H,7-10,18H2,1-4H3. The lowest BCUT2D eigenvalue weighted by Gasteiger charge is -2.43. The van der Waals surface area contributed by atoms with E-state index in [0.29, 0.717) is 0 Å². The zero-order valence-corrected chi connectivity index (χ0v) is 13.5. The fourth-order valence-electron chi connectivity index (χ4n) is 3.25. The molecule has 0 bridgehead atoms. The van der Waals surface area contributed by atoms with Crippen LogP contribution in [0.25, 0.3) is 0 Å². The summed E-state index contributed by atoms with van der Waals surface area (Å²) >= 11 is 0. The number of benzene rings is 1. The van der Waals surface area contributed by atoms with Gasteiger partial charge in [0, 0.05) is 18.7 Å². The highest BCUT2D eigenvalue weighted by molar-refractivity contribution is 5.43. The Balaban J connectivity index is 2.31. The maximum atomic E-state index is 6.58. The molecule has 0 aliphatic heterocycles. The van der Waals surface area contributed by atoms with Crippen molar-refractivity contribution in [1.82, 2.24) is 0 Å². The third-order valence-corrected chi connectivity index (χ3v) is 4.87. The SMILES string of the molecule is COc1ccc(C(N)C2(OC)CCC(C)CC2)c(OC)c1. The van der Waals surface area contributed by atoms with Gasteiger partial charge in [-0.1, -0.05) is 6.92 Å². The van der Waals surface area contributed by atoms with E-state index in [4.69, 9.17) is 19.9 Å². The Bertz CT molecular complexity index is 467. The lowest BCUT2D eigenvalue weighted by atomic mass is 9.73. The van der Waals surface area contributed by atoms with Gasteiger partial charge in [-0.2, -0.15) is 0 Å². The molecule has 0 amide bonds. The molecule has 0 spiro atoms. The molecule has 2 N–H and O–H groups in total. The number of rotatable bonds is 5. The number of nitrogens with two attached hydrogens (primary N) is 1. The van der Waals surface area contributed by atoms with Gasteiger partial charge in [-0.3, -0.25) is 0 Å². The van der Waals surface area contributed by atoms with E-state index in [2.05, 4.69) is 6.92 Å². The Labute approximate surface area is 127 Å². The predicted molar refractivity (Wildman–Crippen MR) is 83.8 cm³/mol. The van der Waals surface area contributed by atoms with Gasteiger partial charge in [-0.05, 0) is 43.7 Å². The Morgan fingerprint density at radius 3 is 2.33 bits per heavy atom. The Morgan fingerprint density at radius 1 is 1.14 bits per heavy atom. The van der Waals surface area contributed by atoms with Gasteiger partial charge in [0.15, 0.2) is 0 Å². The highest BCUT2D eigenvalue weighted by Gasteiger charge is 2.41. The average Bonchev–Trinajstić information content (AvgIpc) is 2.54. The molecule has 0 radical (unpaired) electrons. The lowest BCUT2D eigenvalue weighted by Crippen LogP contribution is -2.45. The topological polar surface area (TPSA) is 53.7 Å². The van der Waals surface area contributed by atoms with Gasteiger partial charge in [0.2, 0.25) is 0 Å². The van der Waals surface area contributed by atoms with Gasteiger partial charge in [0.1, 0.15) is 11.5 Å². The van der Waals surface area contributed by atoms with Crippen LogP contribution in [0.4, 0.5) is 0 Å². The summed E-state index contributed by atoms with van der Waals surface area (Å²) < 4.78 is 16.6. The van der Waals surface area contributed by atoms with Crippen molar-refractivity contribution in [2.24, 2.45) is 11.7 Å². The van der Waals surface area contributed by atoms with Crippen molar-refractivity contribution in [1.29, 1.82) is 0 Å². The molecule has 1 saturated carbocycles. The lowest BCUT2D eigenvalue weighted by molar-refractivity contribution is -0.0675. The van der Waals surface area contributed by atoms with Gasteiger partial charge in [-0.15, -0.1) is 0 Å². The molecule has 0 aromatic heterocycles. The smallest absolute Gasteiger partial charge is 0.127 e. The molecule has 1 fully saturated rings. The van der Waals surface area contributed by atoms with Crippen LogP contribution in [0.5, 0.6) is 11.5 Å². The molecule has 0 heterocycles. The molecule has 1 aliphatic rings. The van der Waals surface area contributed by atoms with E-state index in [1.54, 1.807) is 21.3 Å². The number of ether oxygens (including phenoxy) is 3. The minimum Gasteiger partial charge on any atom is -0.497 e. The monoisotopic (exact) mass is 293 g/mol. The third-order valence-electron chi connectivity index (χ3n) is 4.87. The van der Waals surface area contributed by atoms with E-state index < -0.39 is 0 Å². The van der Waals surface area contributed by atoms with Crippen molar-refractivity contribution < 1.29 is 14.2 Å². The highest BCUT2D eigenvalue weighted by Crippen LogP contribution is 2.44. The van der Waals surface area contributed by atoms with E-state index in [9.17, 15) is 0 Å². The zero-order valence-electron chi connectivity index (χ0n) is 13.5. The first-order chi connectivity index (χ1) is 10.1. The Hall–Kier alpha value is -1.26. The number of hydrogen-bond acceptors (Lipinski definition) is 4. The molecule has 0 saturated heterocycles. The maximum Gasteiger partial charge on any atom is 0.127 e. The summed E-state index contributed by atoms with van der Waals surface area (Å²) in [7, 11) is 5.08. The van der Waals surface area contributed by atoms with Crippen LogP contribution in [0.3, 0.4) is 0 Å². The molecule has 1 atom stereocenters. The van der Waals surface area contributed by atoms with Gasteiger partial charge in [0.05, 0.1) is 25.9 Å². The summed E-state index contributed by atoms with van der Waals surface area (Å²) in [6, 6.07) is 5.59. The fourth-order valence-corrected chi connectivity index (χ4v) is 3.25. The molecule has 1 aliphatic carbocycles. The minimum absolute atomic E-state index is 0.198. The summed E-state index contributed by atoms with van der Waals surface area (Å²) in [6.45, 7) is 2.29. The van der Waals surface area contributed by atoms with Gasteiger partial charge in [0.25, 0.3) is 0 Å². The van der Waals surface area contributed by atoms with E-state index in [1.165, 1.54) is 0 Å². The largest absolute Gasteiger partial charge is 0.497 e. The predicted octanol–water partition coefficient (Wildman–Crippen LogP) is 3.30. The summed E-state index contributed by atoms with van der Waals surface area (Å²) in [5.41, 5.74) is 7.27. The van der Waals surface area contributed by atoms with Crippen molar-refractivity contribution in [2.75, 3.05) is 21.3 Å². The van der Waals surface area contributed by atoms with Crippen LogP contribution >= 0.6 is 0 Å². The van der Waals surface area contributed by atoms with Crippen LogP contribution in [0, 0.1) is 5.92 Å². The Morgan fingerprint density at radius 2 is 1.81 bits per heavy atom. The van der Waals surface area contributed by atoms with Crippen LogP contribution in [0.1, 0.15) is 44.2 Å². The fraction of sp³-hybridized carbons (Fsp3) is 0.647. The second-order valence-corrected chi connectivity index (χ2v) is 6.04. The number of hydrogen-bond donors (Lipinski definition) is 1. The zero-order chi connectivity index (χ0) is 15.5. The van der Waals surface area contributed by atoms with Crippen LogP contribution in [-0.2, 0) is 4.74 Å². The van der Waals surface area contributed by atoms with Crippen LogP contribution < -0.4 is 15.2 Å². The van der Waals surface area contributed by atoms with E-state index in [1.807, 2.05) is 18.2 Å². The summed E-state index contributed by atoms with van der Waals surface area (Å²) in [5, 5.41) is 0. The molecule has 1 unspecified atom stereocenters. The van der Waals surface area contributed by atoms with E-state index in [0.717, 1.165) is 48.7 Å². The first-order valence-corrected chi connectivity index (χ1v) is 7.59. The van der Waals surface area contributed by atoms with Crippen molar-refractivity contribution in [3.63, 3.8) is 0 Å². The minimum atomic E-state index is -0.297. The van der Waals surface area contributed by atoms with Gasteiger partial charge >= 0.3 is 0 Å². The van der Waals surface area contributed by atoms with Crippen LogP contribution in [0.2, 0.25) is 0 Å². The molecule has 2 rings (SSSR count). The maximum absolute atomic E-state index is 6.58. The second kappa shape index (κ2) is 6.67. The molecule has 1 aromatic carbocycles. The second-order valence-electron chi connectivity index (χ2n) is 6.04. The van der Waals surface area contributed by atoms with Gasteiger partial charge < -0.3 is 19.9 Å². The number of methoxy groups -OCH3 is 3. The summed E-state index contributed by atoms with van der Waals surface area (Å²) in [4.78, 5) is 0.